The maximum absolute atomic E-state index is 12.4. The van der Waals surface area contributed by atoms with Gasteiger partial charge in [0.2, 0.25) is 11.8 Å². The fourth-order valence-electron chi connectivity index (χ4n) is 2.88. The van der Waals surface area contributed by atoms with Gasteiger partial charge in [-0.25, -0.2) is 0 Å². The van der Waals surface area contributed by atoms with Crippen LogP contribution in [0.1, 0.15) is 37.8 Å². The van der Waals surface area contributed by atoms with Gasteiger partial charge in [0.25, 0.3) is 0 Å². The number of hydrogen-bond donors (Lipinski definition) is 1. The van der Waals surface area contributed by atoms with Gasteiger partial charge in [-0.2, -0.15) is 0 Å². The number of piperidine rings is 1. The molecule has 1 aliphatic rings. The first-order chi connectivity index (χ1) is 10.5. The van der Waals surface area contributed by atoms with E-state index in [-0.39, 0.29) is 23.8 Å². The summed E-state index contributed by atoms with van der Waals surface area (Å²) in [6.07, 6.45) is 1.98. The molecule has 0 aliphatic carbocycles. The number of carbonyl (C=O) groups is 2. The van der Waals surface area contributed by atoms with Crippen molar-refractivity contribution in [1.29, 1.82) is 0 Å². The standard InChI is InChI=1S/C18H26N2O2/c1-13(2)19-18(22)15-8-10-20(11-9-15)17(21)12-16-7-5-4-6-14(16)3/h4-7,13,15H,8-12H2,1-3H3,(H,19,22). The summed E-state index contributed by atoms with van der Waals surface area (Å²) < 4.78 is 0. The topological polar surface area (TPSA) is 49.4 Å². The normalized spacial score (nSPS) is 15.9. The zero-order chi connectivity index (χ0) is 16.1. The minimum atomic E-state index is 0.0462. The van der Waals surface area contributed by atoms with Crippen LogP contribution in [0.3, 0.4) is 0 Å². The molecular weight excluding hydrogens is 276 g/mol. The van der Waals surface area contributed by atoms with Gasteiger partial charge in [0.1, 0.15) is 0 Å². The Kier molecular flexibility index (Phi) is 5.58. The lowest BCUT2D eigenvalue weighted by molar-refractivity contribution is -0.135. The molecule has 1 fully saturated rings. The Labute approximate surface area is 132 Å². The Hall–Kier alpha value is -1.84. The zero-order valence-corrected chi connectivity index (χ0v) is 13.8. The van der Waals surface area contributed by atoms with E-state index in [1.807, 2.05) is 49.9 Å². The zero-order valence-electron chi connectivity index (χ0n) is 13.8. The summed E-state index contributed by atoms with van der Waals surface area (Å²) in [7, 11) is 0. The third kappa shape index (κ3) is 4.33. The van der Waals surface area contributed by atoms with Crippen LogP contribution in [-0.2, 0) is 16.0 Å². The Morgan fingerprint density at radius 1 is 1.23 bits per heavy atom. The second kappa shape index (κ2) is 7.43. The Morgan fingerprint density at radius 2 is 1.86 bits per heavy atom. The van der Waals surface area contributed by atoms with E-state index in [1.165, 1.54) is 0 Å². The Bertz CT molecular complexity index is 532. The van der Waals surface area contributed by atoms with Crippen LogP contribution in [0.5, 0.6) is 0 Å². The number of aryl methyl sites for hydroxylation is 1. The van der Waals surface area contributed by atoms with Crippen molar-refractivity contribution in [2.75, 3.05) is 13.1 Å². The van der Waals surface area contributed by atoms with E-state index in [0.717, 1.165) is 24.0 Å². The van der Waals surface area contributed by atoms with Gasteiger partial charge in [0, 0.05) is 25.0 Å². The monoisotopic (exact) mass is 302 g/mol. The molecule has 0 radical (unpaired) electrons. The highest BCUT2D eigenvalue weighted by Gasteiger charge is 2.27. The molecule has 1 saturated heterocycles. The molecule has 120 valence electrons. The van der Waals surface area contributed by atoms with E-state index < -0.39 is 0 Å². The van der Waals surface area contributed by atoms with E-state index >= 15 is 0 Å². The van der Waals surface area contributed by atoms with E-state index in [1.54, 1.807) is 0 Å². The van der Waals surface area contributed by atoms with Crippen LogP contribution in [0.2, 0.25) is 0 Å². The van der Waals surface area contributed by atoms with Gasteiger partial charge in [-0.1, -0.05) is 24.3 Å². The Balaban J connectivity index is 1.85. The van der Waals surface area contributed by atoms with E-state index in [4.69, 9.17) is 0 Å². The summed E-state index contributed by atoms with van der Waals surface area (Å²) >= 11 is 0. The van der Waals surface area contributed by atoms with Crippen molar-refractivity contribution in [3.8, 4) is 0 Å². The fourth-order valence-corrected chi connectivity index (χ4v) is 2.88. The van der Waals surface area contributed by atoms with Crippen LogP contribution < -0.4 is 5.32 Å². The van der Waals surface area contributed by atoms with Crippen LogP contribution in [-0.4, -0.2) is 35.8 Å². The Morgan fingerprint density at radius 3 is 2.45 bits per heavy atom. The fraction of sp³-hybridized carbons (Fsp3) is 0.556. The smallest absolute Gasteiger partial charge is 0.226 e. The largest absolute Gasteiger partial charge is 0.354 e. The summed E-state index contributed by atoms with van der Waals surface area (Å²) in [4.78, 5) is 26.3. The molecule has 0 unspecified atom stereocenters. The molecule has 4 heteroatoms. The number of nitrogens with zero attached hydrogens (tertiary/aromatic N) is 1. The number of benzene rings is 1. The first kappa shape index (κ1) is 16.5. The first-order valence-corrected chi connectivity index (χ1v) is 8.10. The number of hydrogen-bond acceptors (Lipinski definition) is 2. The number of likely N-dealkylation sites (tertiary alicyclic amines) is 1. The number of amides is 2. The predicted octanol–water partition coefficient (Wildman–Crippen LogP) is 2.30. The highest BCUT2D eigenvalue weighted by atomic mass is 16.2. The number of carbonyl (C=O) groups excluding carboxylic acids is 2. The minimum absolute atomic E-state index is 0.0462. The molecule has 0 spiro atoms. The van der Waals surface area contributed by atoms with Crippen molar-refractivity contribution in [3.05, 3.63) is 35.4 Å². The highest BCUT2D eigenvalue weighted by molar-refractivity contribution is 5.81. The molecule has 4 nitrogen and oxygen atoms in total. The van der Waals surface area contributed by atoms with Crippen LogP contribution in [0.15, 0.2) is 24.3 Å². The van der Waals surface area contributed by atoms with Crippen molar-refractivity contribution in [3.63, 3.8) is 0 Å². The highest BCUT2D eigenvalue weighted by Crippen LogP contribution is 2.19. The molecule has 0 saturated carbocycles. The molecule has 1 aromatic carbocycles. The van der Waals surface area contributed by atoms with Crippen LogP contribution in [0.25, 0.3) is 0 Å². The van der Waals surface area contributed by atoms with Gasteiger partial charge in [-0.15, -0.1) is 0 Å². The molecule has 22 heavy (non-hydrogen) atoms. The molecular formula is C18H26N2O2. The molecule has 1 aromatic rings. The molecule has 1 N–H and O–H groups in total. The van der Waals surface area contributed by atoms with Crippen molar-refractivity contribution in [1.82, 2.24) is 10.2 Å². The summed E-state index contributed by atoms with van der Waals surface area (Å²) in [5.41, 5.74) is 2.24. The van der Waals surface area contributed by atoms with Gasteiger partial charge in [0.05, 0.1) is 6.42 Å². The van der Waals surface area contributed by atoms with Gasteiger partial charge in [-0.3, -0.25) is 9.59 Å². The summed E-state index contributed by atoms with van der Waals surface area (Å²) in [5, 5.41) is 2.96. The van der Waals surface area contributed by atoms with E-state index in [0.29, 0.717) is 19.5 Å². The predicted molar refractivity (Wildman–Crippen MR) is 87.5 cm³/mol. The molecule has 0 atom stereocenters. The maximum Gasteiger partial charge on any atom is 0.226 e. The van der Waals surface area contributed by atoms with E-state index in [9.17, 15) is 9.59 Å². The van der Waals surface area contributed by atoms with Crippen molar-refractivity contribution in [2.45, 2.75) is 46.1 Å². The van der Waals surface area contributed by atoms with Gasteiger partial charge < -0.3 is 10.2 Å². The van der Waals surface area contributed by atoms with Crippen LogP contribution in [0, 0.1) is 12.8 Å². The number of rotatable bonds is 4. The molecule has 0 aromatic heterocycles. The molecule has 1 heterocycles. The summed E-state index contributed by atoms with van der Waals surface area (Å²) in [6, 6.07) is 8.18. The molecule has 2 rings (SSSR count). The summed E-state index contributed by atoms with van der Waals surface area (Å²) in [5.74, 6) is 0.336. The second-order valence-corrected chi connectivity index (χ2v) is 6.42. The lowest BCUT2D eigenvalue weighted by Crippen LogP contribution is -2.44. The molecule has 1 aliphatic heterocycles. The lowest BCUT2D eigenvalue weighted by atomic mass is 9.95. The third-order valence-corrected chi connectivity index (χ3v) is 4.25. The average molecular weight is 302 g/mol. The van der Waals surface area contributed by atoms with Gasteiger partial charge >= 0.3 is 0 Å². The quantitative estimate of drug-likeness (QED) is 0.928. The average Bonchev–Trinajstić information content (AvgIpc) is 2.49. The first-order valence-electron chi connectivity index (χ1n) is 8.10. The molecule has 0 bridgehead atoms. The van der Waals surface area contributed by atoms with Crippen LogP contribution in [0.4, 0.5) is 0 Å². The number of nitrogens with one attached hydrogen (secondary N) is 1. The minimum Gasteiger partial charge on any atom is -0.354 e. The van der Waals surface area contributed by atoms with Gasteiger partial charge in [-0.05, 0) is 44.7 Å². The van der Waals surface area contributed by atoms with E-state index in [2.05, 4.69) is 5.32 Å². The molecule has 2 amide bonds. The SMILES string of the molecule is Cc1ccccc1CC(=O)N1CCC(C(=O)NC(C)C)CC1. The van der Waals surface area contributed by atoms with Crippen molar-refractivity contribution in [2.24, 2.45) is 5.92 Å². The lowest BCUT2D eigenvalue weighted by Gasteiger charge is -2.32. The van der Waals surface area contributed by atoms with Crippen molar-refractivity contribution >= 4 is 11.8 Å². The third-order valence-electron chi connectivity index (χ3n) is 4.25. The van der Waals surface area contributed by atoms with Crippen molar-refractivity contribution < 1.29 is 9.59 Å². The van der Waals surface area contributed by atoms with Gasteiger partial charge in [0.15, 0.2) is 0 Å². The maximum atomic E-state index is 12.4. The van der Waals surface area contributed by atoms with Crippen LogP contribution >= 0.6 is 0 Å². The summed E-state index contributed by atoms with van der Waals surface area (Å²) in [6.45, 7) is 7.34. The second-order valence-electron chi connectivity index (χ2n) is 6.42.